The Morgan fingerprint density at radius 2 is 2.40 bits per heavy atom. The highest BCUT2D eigenvalue weighted by Gasteiger charge is 2.21. The van der Waals surface area contributed by atoms with Gasteiger partial charge in [-0.15, -0.1) is 0 Å². The van der Waals surface area contributed by atoms with Gasteiger partial charge in [0, 0.05) is 18.0 Å². The lowest BCUT2D eigenvalue weighted by Crippen LogP contribution is -1.89. The predicted octanol–water partition coefficient (Wildman–Crippen LogP) is 2.83. The zero-order chi connectivity index (χ0) is 10.1. The van der Waals surface area contributed by atoms with Crippen LogP contribution in [0, 0.1) is 12.0 Å². The molecule has 3 rings (SSSR count). The molecule has 1 aliphatic rings. The normalized spacial score (nSPS) is 15.5. The quantitative estimate of drug-likeness (QED) is 0.805. The zero-order valence-corrected chi connectivity index (χ0v) is 8.53. The van der Waals surface area contributed by atoms with E-state index in [2.05, 4.69) is 28.2 Å². The summed E-state index contributed by atoms with van der Waals surface area (Å²) in [7, 11) is 0. The summed E-state index contributed by atoms with van der Waals surface area (Å²) in [5.41, 5.74) is 2.47. The van der Waals surface area contributed by atoms with Crippen molar-refractivity contribution in [1.29, 1.82) is 0 Å². The number of imidazole rings is 1. The molecule has 1 radical (unpaired) electrons. The molecule has 2 heteroatoms. The van der Waals surface area contributed by atoms with Crippen molar-refractivity contribution in [2.45, 2.75) is 19.3 Å². The van der Waals surface area contributed by atoms with Crippen molar-refractivity contribution in [2.75, 3.05) is 0 Å². The largest absolute Gasteiger partial charge is 0.345 e. The van der Waals surface area contributed by atoms with Crippen LogP contribution >= 0.6 is 0 Å². The molecule has 2 nitrogen and oxygen atoms in total. The Labute approximate surface area is 89.4 Å². The third-order valence-electron chi connectivity index (χ3n) is 2.84. The summed E-state index contributed by atoms with van der Waals surface area (Å²) < 4.78 is 0. The van der Waals surface area contributed by atoms with E-state index in [9.17, 15) is 0 Å². The van der Waals surface area contributed by atoms with Crippen LogP contribution in [-0.2, 0) is 6.42 Å². The maximum Gasteiger partial charge on any atom is 0.137 e. The van der Waals surface area contributed by atoms with E-state index < -0.39 is 0 Å². The first-order valence-electron chi connectivity index (χ1n) is 5.42. The second kappa shape index (κ2) is 3.54. The van der Waals surface area contributed by atoms with Gasteiger partial charge in [0.05, 0.1) is 0 Å². The molecule has 0 spiro atoms. The van der Waals surface area contributed by atoms with Crippen LogP contribution in [0.15, 0.2) is 30.6 Å². The molecule has 1 heterocycles. The molecule has 0 unspecified atom stereocenters. The first kappa shape index (κ1) is 8.72. The van der Waals surface area contributed by atoms with Gasteiger partial charge in [0.25, 0.3) is 0 Å². The van der Waals surface area contributed by atoms with Gasteiger partial charge in [-0.1, -0.05) is 12.1 Å². The molecule has 0 aliphatic heterocycles. The van der Waals surface area contributed by atoms with Crippen molar-refractivity contribution < 1.29 is 0 Å². The van der Waals surface area contributed by atoms with Crippen LogP contribution in [0.25, 0.3) is 11.4 Å². The minimum Gasteiger partial charge on any atom is -0.345 e. The van der Waals surface area contributed by atoms with E-state index in [1.807, 2.05) is 12.3 Å². The SMILES string of the molecule is [c]1ccc(-c2ncc[nH]2)cc1CC1CC1. The fraction of sp³-hybridized carbons (Fsp3) is 0.308. The van der Waals surface area contributed by atoms with Crippen LogP contribution in [0.5, 0.6) is 0 Å². The monoisotopic (exact) mass is 197 g/mol. The summed E-state index contributed by atoms with van der Waals surface area (Å²) in [6, 6.07) is 9.54. The van der Waals surface area contributed by atoms with E-state index in [0.717, 1.165) is 17.3 Å². The Bertz CT molecular complexity index is 441. The highest BCUT2D eigenvalue weighted by molar-refractivity contribution is 5.55. The summed E-state index contributed by atoms with van der Waals surface area (Å²) in [5.74, 6) is 1.86. The first-order valence-corrected chi connectivity index (χ1v) is 5.42. The van der Waals surface area contributed by atoms with Gasteiger partial charge >= 0.3 is 0 Å². The highest BCUT2D eigenvalue weighted by atomic mass is 14.9. The maximum atomic E-state index is 4.25. The number of hydrogen-bond donors (Lipinski definition) is 1. The predicted molar refractivity (Wildman–Crippen MR) is 59.3 cm³/mol. The van der Waals surface area contributed by atoms with Crippen molar-refractivity contribution in [2.24, 2.45) is 5.92 Å². The third-order valence-corrected chi connectivity index (χ3v) is 2.84. The number of benzene rings is 1. The van der Waals surface area contributed by atoms with E-state index in [0.29, 0.717) is 0 Å². The average Bonchev–Trinajstić information content (AvgIpc) is 2.91. The van der Waals surface area contributed by atoms with Crippen LogP contribution in [0.4, 0.5) is 0 Å². The van der Waals surface area contributed by atoms with E-state index in [1.165, 1.54) is 24.8 Å². The molecule has 0 saturated heterocycles. The number of aromatic amines is 1. The van der Waals surface area contributed by atoms with E-state index in [-0.39, 0.29) is 0 Å². The molecule has 1 aromatic carbocycles. The van der Waals surface area contributed by atoms with Crippen molar-refractivity contribution in [3.63, 3.8) is 0 Å². The number of hydrogen-bond acceptors (Lipinski definition) is 1. The second-order valence-corrected chi connectivity index (χ2v) is 4.19. The summed E-state index contributed by atoms with van der Waals surface area (Å²) in [5, 5.41) is 0. The molecule has 1 saturated carbocycles. The van der Waals surface area contributed by atoms with Crippen molar-refractivity contribution in [3.05, 3.63) is 42.2 Å². The third kappa shape index (κ3) is 1.94. The second-order valence-electron chi connectivity index (χ2n) is 4.19. The lowest BCUT2D eigenvalue weighted by atomic mass is 10.1. The lowest BCUT2D eigenvalue weighted by Gasteiger charge is -2.01. The van der Waals surface area contributed by atoms with E-state index >= 15 is 0 Å². The molecule has 1 aliphatic carbocycles. The summed E-state index contributed by atoms with van der Waals surface area (Å²) in [6.45, 7) is 0. The standard InChI is InChI=1S/C13H13N2/c1-2-11(8-10-4-5-10)9-12(3-1)13-14-6-7-15-13/h1,3,6-7,9-10H,4-5,8H2,(H,14,15). The average molecular weight is 197 g/mol. The van der Waals surface area contributed by atoms with E-state index in [1.54, 1.807) is 6.20 Å². The number of nitrogens with one attached hydrogen (secondary N) is 1. The number of nitrogens with zero attached hydrogens (tertiary/aromatic N) is 1. The summed E-state index contributed by atoms with van der Waals surface area (Å²) in [4.78, 5) is 7.38. The Morgan fingerprint density at radius 3 is 3.13 bits per heavy atom. The molecule has 1 N–H and O–H groups in total. The zero-order valence-electron chi connectivity index (χ0n) is 8.53. The number of H-pyrrole nitrogens is 1. The summed E-state index contributed by atoms with van der Waals surface area (Å²) in [6.07, 6.45) is 7.59. The van der Waals surface area contributed by atoms with Gasteiger partial charge < -0.3 is 4.98 Å². The molecule has 2 aromatic rings. The molecule has 0 amide bonds. The molecule has 1 fully saturated rings. The minimum absolute atomic E-state index is 0.910. The van der Waals surface area contributed by atoms with Gasteiger partial charge in [-0.3, -0.25) is 0 Å². The van der Waals surface area contributed by atoms with Crippen molar-refractivity contribution in [3.8, 4) is 11.4 Å². The summed E-state index contributed by atoms with van der Waals surface area (Å²) >= 11 is 0. The topological polar surface area (TPSA) is 28.7 Å². The fourth-order valence-corrected chi connectivity index (χ4v) is 1.84. The van der Waals surface area contributed by atoms with Crippen LogP contribution in [-0.4, -0.2) is 9.97 Å². The van der Waals surface area contributed by atoms with Crippen LogP contribution in [0.3, 0.4) is 0 Å². The molecule has 0 bridgehead atoms. The van der Waals surface area contributed by atoms with Gasteiger partial charge in [0.1, 0.15) is 5.82 Å². The van der Waals surface area contributed by atoms with E-state index in [4.69, 9.17) is 0 Å². The fourth-order valence-electron chi connectivity index (χ4n) is 1.84. The number of aromatic nitrogens is 2. The van der Waals surface area contributed by atoms with Crippen molar-refractivity contribution >= 4 is 0 Å². The van der Waals surface area contributed by atoms with Gasteiger partial charge in [-0.2, -0.15) is 0 Å². The lowest BCUT2D eigenvalue weighted by molar-refractivity contribution is 0.831. The molecule has 0 atom stereocenters. The van der Waals surface area contributed by atoms with Crippen LogP contribution in [0.2, 0.25) is 0 Å². The number of rotatable bonds is 3. The van der Waals surface area contributed by atoms with Gasteiger partial charge in [-0.05, 0) is 42.9 Å². The molecule has 15 heavy (non-hydrogen) atoms. The molecule has 1 aromatic heterocycles. The highest BCUT2D eigenvalue weighted by Crippen LogP contribution is 2.33. The minimum atomic E-state index is 0.910. The molecular weight excluding hydrogens is 184 g/mol. The Kier molecular flexibility index (Phi) is 2.05. The van der Waals surface area contributed by atoms with Gasteiger partial charge in [0.15, 0.2) is 0 Å². The first-order chi connectivity index (χ1) is 7.42. The van der Waals surface area contributed by atoms with Gasteiger partial charge in [0.2, 0.25) is 0 Å². The smallest absolute Gasteiger partial charge is 0.137 e. The maximum absolute atomic E-state index is 4.25. The van der Waals surface area contributed by atoms with Crippen LogP contribution < -0.4 is 0 Å². The Morgan fingerprint density at radius 1 is 1.47 bits per heavy atom. The van der Waals surface area contributed by atoms with Gasteiger partial charge in [-0.25, -0.2) is 4.98 Å². The molecule has 75 valence electrons. The Balaban J connectivity index is 1.88. The van der Waals surface area contributed by atoms with Crippen molar-refractivity contribution in [1.82, 2.24) is 9.97 Å². The van der Waals surface area contributed by atoms with Crippen LogP contribution in [0.1, 0.15) is 18.4 Å². The Hall–Kier alpha value is -1.57. The molecular formula is C13H13N2.